The zero-order valence-corrected chi connectivity index (χ0v) is 13.7. The number of esters is 1. The molecule has 0 radical (unpaired) electrons. The molecule has 0 aromatic rings. The number of carboxylic acid groups (broad SMARTS) is 1. The highest BCUT2D eigenvalue weighted by molar-refractivity contribution is 6.08. The van der Waals surface area contributed by atoms with Gasteiger partial charge in [-0.25, -0.2) is 14.4 Å². The first-order valence-corrected chi connectivity index (χ1v) is 7.40. The van der Waals surface area contributed by atoms with Crippen molar-refractivity contribution in [2.45, 2.75) is 63.6 Å². The van der Waals surface area contributed by atoms with Gasteiger partial charge in [-0.2, -0.15) is 0 Å². The molecule has 1 heterocycles. The van der Waals surface area contributed by atoms with Gasteiger partial charge in [-0.3, -0.25) is 0 Å². The van der Waals surface area contributed by atoms with Gasteiger partial charge in [-0.15, -0.1) is 11.6 Å². The van der Waals surface area contributed by atoms with Gasteiger partial charge in [0.2, 0.25) is 0 Å². The van der Waals surface area contributed by atoms with E-state index in [1.54, 1.807) is 26.8 Å². The summed E-state index contributed by atoms with van der Waals surface area (Å²) in [7, 11) is 0. The minimum atomic E-state index is -2.18. The van der Waals surface area contributed by atoms with E-state index < -0.39 is 29.2 Å². The van der Waals surface area contributed by atoms with Crippen LogP contribution in [-0.2, 0) is 19.2 Å². The van der Waals surface area contributed by atoms with Crippen molar-refractivity contribution in [3.05, 3.63) is 12.7 Å². The molecule has 8 nitrogen and oxygen atoms in total. The van der Waals surface area contributed by atoms with Gasteiger partial charge in [0, 0.05) is 6.04 Å². The van der Waals surface area contributed by atoms with E-state index in [4.69, 9.17) is 10.5 Å². The predicted octanol–water partition coefficient (Wildman–Crippen LogP) is 1.59. The molecule has 0 saturated carbocycles. The molecule has 1 aliphatic rings. The fraction of sp³-hybridized carbons (Fsp3) is 0.667. The molecular weight excluding hydrogens is 304 g/mol. The molecule has 8 heteroatoms. The number of aliphatic carboxylic acids is 1. The van der Waals surface area contributed by atoms with Gasteiger partial charge in [0.1, 0.15) is 5.60 Å². The number of amides is 1. The summed E-state index contributed by atoms with van der Waals surface area (Å²) in [6.07, 6.45) is 2.02. The Morgan fingerprint density at radius 1 is 1.48 bits per heavy atom. The van der Waals surface area contributed by atoms with Crippen LogP contribution in [0.1, 0.15) is 46.5 Å². The molecule has 1 fully saturated rings. The lowest BCUT2D eigenvalue weighted by Crippen LogP contribution is -2.56. The highest BCUT2D eigenvalue weighted by atomic mass is 16.9. The number of carbonyl (C=O) groups excluding carboxylic acids is 2. The molecule has 1 aliphatic heterocycles. The van der Waals surface area contributed by atoms with Crippen molar-refractivity contribution in [3.8, 4) is 0 Å². The third-order valence-electron chi connectivity index (χ3n) is 3.32. The third-order valence-corrected chi connectivity index (χ3v) is 3.32. The number of hydrogen-bond acceptors (Lipinski definition) is 6. The second-order valence-corrected chi connectivity index (χ2v) is 6.50. The molecule has 0 aromatic carbocycles. The standard InChI is InChI=1S/C15H24N2O6/c1-5-7-10(16)8-6-9-15(11(18)19,17-13(21)23-17)12(20)22-14(2,3)4/h5,10H,1,6-9,16H2,2-4H3,(H,18,19)/t10?,15-,17?/m1/s1. The predicted molar refractivity (Wildman–Crippen MR) is 81.2 cm³/mol. The van der Waals surface area contributed by atoms with E-state index in [1.807, 2.05) is 0 Å². The van der Waals surface area contributed by atoms with Crippen LogP contribution in [0.5, 0.6) is 0 Å². The topological polar surface area (TPSA) is 122 Å². The van der Waals surface area contributed by atoms with Crippen molar-refractivity contribution in [1.82, 2.24) is 5.06 Å². The number of rotatable bonds is 9. The van der Waals surface area contributed by atoms with E-state index >= 15 is 0 Å². The van der Waals surface area contributed by atoms with Crippen LogP contribution < -0.4 is 5.73 Å². The van der Waals surface area contributed by atoms with Gasteiger partial charge >= 0.3 is 18.0 Å². The molecule has 0 spiro atoms. The molecule has 0 aromatic heterocycles. The van der Waals surface area contributed by atoms with Gasteiger partial charge in [0.25, 0.3) is 5.54 Å². The molecule has 1 unspecified atom stereocenters. The Balaban J connectivity index is 2.92. The van der Waals surface area contributed by atoms with Crippen molar-refractivity contribution in [1.29, 1.82) is 0 Å². The number of nitrogens with two attached hydrogens (primary N) is 1. The number of hydroxylamine groups is 2. The van der Waals surface area contributed by atoms with Crippen molar-refractivity contribution >= 4 is 18.0 Å². The summed E-state index contributed by atoms with van der Waals surface area (Å²) in [6.45, 7) is 8.42. The minimum Gasteiger partial charge on any atom is -0.479 e. The van der Waals surface area contributed by atoms with E-state index in [0.717, 1.165) is 0 Å². The SMILES string of the molecule is C=CCC(N)CCC[C@@](C(=O)O)(C(=O)OC(C)(C)C)N1OC1=O. The molecule has 1 saturated heterocycles. The lowest BCUT2D eigenvalue weighted by Gasteiger charge is -2.29. The minimum absolute atomic E-state index is 0.145. The van der Waals surface area contributed by atoms with Crippen molar-refractivity contribution in [3.63, 3.8) is 0 Å². The lowest BCUT2D eigenvalue weighted by atomic mass is 9.90. The van der Waals surface area contributed by atoms with Crippen molar-refractivity contribution in [2.75, 3.05) is 0 Å². The Hall–Kier alpha value is -2.09. The molecule has 2 atom stereocenters. The maximum Gasteiger partial charge on any atom is 0.469 e. The summed E-state index contributed by atoms with van der Waals surface area (Å²) in [5, 5.41) is 10.1. The first-order valence-electron chi connectivity index (χ1n) is 7.40. The highest BCUT2D eigenvalue weighted by Gasteiger charge is 2.65. The quantitative estimate of drug-likeness (QED) is 0.285. The Bertz CT molecular complexity index is 499. The van der Waals surface area contributed by atoms with Crippen LogP contribution in [0.4, 0.5) is 4.79 Å². The summed E-state index contributed by atoms with van der Waals surface area (Å²) in [4.78, 5) is 40.0. The molecule has 130 valence electrons. The number of hydrogen-bond donors (Lipinski definition) is 2. The normalized spacial score (nSPS) is 17.7. The van der Waals surface area contributed by atoms with Gasteiger partial charge in [-0.1, -0.05) is 6.08 Å². The van der Waals surface area contributed by atoms with Gasteiger partial charge in [-0.05, 0) is 46.5 Å². The Morgan fingerprint density at radius 2 is 2.04 bits per heavy atom. The summed E-state index contributed by atoms with van der Waals surface area (Å²) < 4.78 is 5.18. The fourth-order valence-corrected chi connectivity index (χ4v) is 2.17. The summed E-state index contributed by atoms with van der Waals surface area (Å²) in [6, 6.07) is -0.191. The zero-order valence-electron chi connectivity index (χ0n) is 13.7. The first kappa shape index (κ1) is 19.0. The largest absolute Gasteiger partial charge is 0.479 e. The van der Waals surface area contributed by atoms with Crippen LogP contribution in [-0.4, -0.2) is 45.4 Å². The van der Waals surface area contributed by atoms with E-state index in [2.05, 4.69) is 11.4 Å². The van der Waals surface area contributed by atoms with Crippen LogP contribution in [0.15, 0.2) is 12.7 Å². The second kappa shape index (κ2) is 6.99. The molecular formula is C15H24N2O6. The highest BCUT2D eigenvalue weighted by Crippen LogP contribution is 2.35. The average Bonchev–Trinajstić information content (AvgIpc) is 3.09. The van der Waals surface area contributed by atoms with Gasteiger partial charge in [0.15, 0.2) is 0 Å². The molecule has 23 heavy (non-hydrogen) atoms. The average molecular weight is 328 g/mol. The third kappa shape index (κ3) is 4.69. The molecule has 3 N–H and O–H groups in total. The van der Waals surface area contributed by atoms with Crippen LogP contribution in [0, 0.1) is 0 Å². The molecule has 1 amide bonds. The van der Waals surface area contributed by atoms with E-state index in [0.29, 0.717) is 24.3 Å². The number of carbonyl (C=O) groups is 3. The maximum atomic E-state index is 12.4. The zero-order chi connectivity index (χ0) is 17.8. The van der Waals surface area contributed by atoms with Crippen LogP contribution >= 0.6 is 0 Å². The first-order chi connectivity index (χ1) is 10.5. The lowest BCUT2D eigenvalue weighted by molar-refractivity contribution is -0.181. The molecule has 1 rings (SSSR count). The van der Waals surface area contributed by atoms with E-state index in [9.17, 15) is 19.5 Å². The van der Waals surface area contributed by atoms with Gasteiger partial charge in [0.05, 0.1) is 0 Å². The Kier molecular flexibility index (Phi) is 5.76. The van der Waals surface area contributed by atoms with Gasteiger partial charge < -0.3 is 20.4 Å². The van der Waals surface area contributed by atoms with Crippen molar-refractivity contribution in [2.24, 2.45) is 5.73 Å². The van der Waals surface area contributed by atoms with Crippen LogP contribution in [0.2, 0.25) is 0 Å². The van der Waals surface area contributed by atoms with E-state index in [1.165, 1.54) is 0 Å². The number of nitrogens with zero attached hydrogens (tertiary/aromatic N) is 1. The smallest absolute Gasteiger partial charge is 0.469 e. The Morgan fingerprint density at radius 3 is 2.43 bits per heavy atom. The molecule has 0 bridgehead atoms. The summed E-state index contributed by atoms with van der Waals surface area (Å²) >= 11 is 0. The molecule has 0 aliphatic carbocycles. The summed E-state index contributed by atoms with van der Waals surface area (Å²) in [5.74, 6) is -2.52. The maximum absolute atomic E-state index is 12.4. The monoisotopic (exact) mass is 328 g/mol. The summed E-state index contributed by atoms with van der Waals surface area (Å²) in [5.41, 5.74) is 2.76. The van der Waals surface area contributed by atoms with Crippen LogP contribution in [0.3, 0.4) is 0 Å². The number of ether oxygens (including phenoxy) is 1. The number of carboxylic acids is 1. The van der Waals surface area contributed by atoms with Crippen molar-refractivity contribution < 1.29 is 29.1 Å². The fourth-order valence-electron chi connectivity index (χ4n) is 2.17. The second-order valence-electron chi connectivity index (χ2n) is 6.50. The Labute approximate surface area is 135 Å². The van der Waals surface area contributed by atoms with E-state index in [-0.39, 0.29) is 12.5 Å². The van der Waals surface area contributed by atoms with Crippen LogP contribution in [0.25, 0.3) is 0 Å².